The summed E-state index contributed by atoms with van der Waals surface area (Å²) in [5, 5.41) is 9.12. The van der Waals surface area contributed by atoms with Gasteiger partial charge in [-0.3, -0.25) is 4.57 Å². The average molecular weight is 665 g/mol. The highest BCUT2D eigenvalue weighted by Crippen LogP contribution is 2.46. The molecule has 0 spiro atoms. The van der Waals surface area contributed by atoms with Crippen molar-refractivity contribution in [3.05, 3.63) is 170 Å². The van der Waals surface area contributed by atoms with Crippen molar-refractivity contribution in [1.29, 1.82) is 0 Å². The van der Waals surface area contributed by atoms with Gasteiger partial charge < -0.3 is 4.42 Å². The smallest absolute Gasteiger partial charge is 0.238 e. The van der Waals surface area contributed by atoms with E-state index in [0.29, 0.717) is 17.6 Å². The first-order valence-corrected chi connectivity index (χ1v) is 17.5. The normalized spacial score (nSPS) is 11.8. The lowest BCUT2D eigenvalue weighted by atomic mass is 9.95. The van der Waals surface area contributed by atoms with Crippen molar-refractivity contribution < 1.29 is 4.42 Å². The molecular weight excluding hydrogens is 637 g/mol. The topological polar surface area (TPSA) is 56.7 Å². The lowest BCUT2D eigenvalue weighted by Crippen LogP contribution is -2.06. The van der Waals surface area contributed by atoms with Crippen molar-refractivity contribution in [2.75, 3.05) is 0 Å². The molecule has 52 heavy (non-hydrogen) atoms. The summed E-state index contributed by atoms with van der Waals surface area (Å²) in [6.45, 7) is 0. The maximum absolute atomic E-state index is 6.48. The minimum atomic E-state index is 0.557. The van der Waals surface area contributed by atoms with E-state index in [1.54, 1.807) is 0 Å². The molecule has 3 heterocycles. The van der Waals surface area contributed by atoms with Gasteiger partial charge in [0.1, 0.15) is 11.2 Å². The minimum Gasteiger partial charge on any atom is -0.456 e. The van der Waals surface area contributed by atoms with Crippen molar-refractivity contribution in [1.82, 2.24) is 19.5 Å². The largest absolute Gasteiger partial charge is 0.456 e. The SMILES string of the molecule is c1ccc(-c2cccc(-c3nc(-c4ccccc4)nc(-n4c5ccc6oc7ccccc7c6c5c5c6ccccc6c6ccccc6c54)n3)c2)cc1. The highest BCUT2D eigenvalue weighted by Gasteiger charge is 2.25. The molecule has 8 aromatic carbocycles. The summed E-state index contributed by atoms with van der Waals surface area (Å²) in [6.07, 6.45) is 0. The van der Waals surface area contributed by atoms with E-state index in [2.05, 4.69) is 138 Å². The summed E-state index contributed by atoms with van der Waals surface area (Å²) in [6, 6.07) is 58.9. The van der Waals surface area contributed by atoms with Gasteiger partial charge in [0.05, 0.1) is 11.0 Å². The number of fused-ring (bicyclic) bond motifs is 12. The molecule has 3 aromatic heterocycles. The van der Waals surface area contributed by atoms with Crippen LogP contribution in [0.1, 0.15) is 0 Å². The average Bonchev–Trinajstić information content (AvgIpc) is 3.78. The Morgan fingerprint density at radius 3 is 1.71 bits per heavy atom. The molecule has 0 unspecified atom stereocenters. The number of hydrogen-bond acceptors (Lipinski definition) is 4. The number of furan rings is 1. The van der Waals surface area contributed by atoms with Crippen LogP contribution in [0.5, 0.6) is 0 Å². The molecule has 242 valence electrons. The molecule has 0 aliphatic rings. The van der Waals surface area contributed by atoms with E-state index >= 15 is 0 Å². The third-order valence-electron chi connectivity index (χ3n) is 10.2. The molecule has 0 aliphatic heterocycles. The van der Waals surface area contributed by atoms with Gasteiger partial charge in [-0.15, -0.1) is 0 Å². The Bertz CT molecular complexity index is 3180. The van der Waals surface area contributed by atoms with Gasteiger partial charge in [0.15, 0.2) is 11.6 Å². The molecule has 5 nitrogen and oxygen atoms in total. The fourth-order valence-corrected chi connectivity index (χ4v) is 7.96. The van der Waals surface area contributed by atoms with Gasteiger partial charge in [0, 0.05) is 38.1 Å². The zero-order valence-electron chi connectivity index (χ0n) is 27.9. The maximum atomic E-state index is 6.48. The Balaban J connectivity index is 1.32. The molecule has 0 bridgehead atoms. The van der Waals surface area contributed by atoms with Gasteiger partial charge in [-0.2, -0.15) is 9.97 Å². The molecule has 11 aromatic rings. The van der Waals surface area contributed by atoms with Crippen molar-refractivity contribution >= 4 is 65.3 Å². The third-order valence-corrected chi connectivity index (χ3v) is 10.2. The van der Waals surface area contributed by atoms with Crippen LogP contribution in [0.15, 0.2) is 174 Å². The molecule has 0 saturated carbocycles. The molecule has 0 amide bonds. The summed E-state index contributed by atoms with van der Waals surface area (Å²) in [4.78, 5) is 15.8. The second-order valence-electron chi connectivity index (χ2n) is 13.2. The number of nitrogens with zero attached hydrogens (tertiary/aromatic N) is 4. The van der Waals surface area contributed by atoms with Gasteiger partial charge >= 0.3 is 0 Å². The monoisotopic (exact) mass is 664 g/mol. The van der Waals surface area contributed by atoms with Crippen LogP contribution in [0.25, 0.3) is 105 Å². The second kappa shape index (κ2) is 11.2. The molecular formula is C47H28N4O. The van der Waals surface area contributed by atoms with Gasteiger partial charge in [-0.25, -0.2) is 4.98 Å². The van der Waals surface area contributed by atoms with Gasteiger partial charge in [-0.05, 0) is 51.6 Å². The number of para-hydroxylation sites is 1. The summed E-state index contributed by atoms with van der Waals surface area (Å²) in [5.41, 5.74) is 7.85. The fourth-order valence-electron chi connectivity index (χ4n) is 7.96. The number of hydrogen-bond donors (Lipinski definition) is 0. The Morgan fingerprint density at radius 1 is 0.365 bits per heavy atom. The summed E-state index contributed by atoms with van der Waals surface area (Å²) in [5.74, 6) is 1.78. The lowest BCUT2D eigenvalue weighted by Gasteiger charge is -2.13. The first-order chi connectivity index (χ1) is 25.8. The zero-order valence-corrected chi connectivity index (χ0v) is 27.9. The van der Waals surface area contributed by atoms with Crippen LogP contribution < -0.4 is 0 Å². The number of rotatable bonds is 4. The van der Waals surface area contributed by atoms with E-state index < -0.39 is 0 Å². The summed E-state index contributed by atoms with van der Waals surface area (Å²) >= 11 is 0. The minimum absolute atomic E-state index is 0.557. The van der Waals surface area contributed by atoms with E-state index in [4.69, 9.17) is 19.4 Å². The van der Waals surface area contributed by atoms with Crippen LogP contribution >= 0.6 is 0 Å². The molecule has 5 heteroatoms. The predicted octanol–water partition coefficient (Wildman–Crippen LogP) is 12.2. The van der Waals surface area contributed by atoms with Crippen LogP contribution in [0.3, 0.4) is 0 Å². The molecule has 0 aliphatic carbocycles. The standard InChI is InChI=1S/C47H28N4O/c1-3-14-29(15-4-1)31-18-13-19-32(28-31)46-48-45(30-16-5-2-6-17-30)49-47(50-46)51-38-26-27-40-41(37-24-11-12-25-39(37)52-40)43(38)42-35-22-9-7-20-33(35)34-21-8-10-23-36(34)44(42)51/h1-28H. The van der Waals surface area contributed by atoms with E-state index in [0.717, 1.165) is 71.4 Å². The molecule has 0 N–H and O–H groups in total. The van der Waals surface area contributed by atoms with E-state index in [1.807, 2.05) is 36.4 Å². The van der Waals surface area contributed by atoms with E-state index in [9.17, 15) is 0 Å². The van der Waals surface area contributed by atoms with Crippen LogP contribution in [0.2, 0.25) is 0 Å². The summed E-state index contributed by atoms with van der Waals surface area (Å²) in [7, 11) is 0. The first-order valence-electron chi connectivity index (χ1n) is 17.5. The highest BCUT2D eigenvalue weighted by molar-refractivity contribution is 6.37. The Morgan fingerprint density at radius 2 is 0.942 bits per heavy atom. The molecule has 0 radical (unpaired) electrons. The van der Waals surface area contributed by atoms with Crippen molar-refractivity contribution in [3.63, 3.8) is 0 Å². The van der Waals surface area contributed by atoms with Gasteiger partial charge in [0.2, 0.25) is 5.95 Å². The quantitative estimate of drug-likeness (QED) is 0.176. The molecule has 11 rings (SSSR count). The van der Waals surface area contributed by atoms with Gasteiger partial charge in [0.25, 0.3) is 0 Å². The van der Waals surface area contributed by atoms with E-state index in [-0.39, 0.29) is 0 Å². The van der Waals surface area contributed by atoms with Crippen LogP contribution in [-0.2, 0) is 0 Å². The zero-order chi connectivity index (χ0) is 34.2. The molecule has 0 atom stereocenters. The first kappa shape index (κ1) is 28.7. The fraction of sp³-hybridized carbons (Fsp3) is 0. The molecule has 0 fully saturated rings. The molecule has 0 saturated heterocycles. The Labute approximate surface area is 298 Å². The van der Waals surface area contributed by atoms with Crippen molar-refractivity contribution in [2.45, 2.75) is 0 Å². The lowest BCUT2D eigenvalue weighted by molar-refractivity contribution is 0.669. The van der Waals surface area contributed by atoms with Gasteiger partial charge in [-0.1, -0.05) is 146 Å². The maximum Gasteiger partial charge on any atom is 0.238 e. The van der Waals surface area contributed by atoms with Crippen molar-refractivity contribution in [3.8, 4) is 39.9 Å². The van der Waals surface area contributed by atoms with Crippen LogP contribution in [0, 0.1) is 0 Å². The Kier molecular flexibility index (Phi) is 6.18. The second-order valence-corrected chi connectivity index (χ2v) is 13.2. The van der Waals surface area contributed by atoms with E-state index in [1.165, 1.54) is 16.2 Å². The van der Waals surface area contributed by atoms with Crippen LogP contribution in [-0.4, -0.2) is 19.5 Å². The highest BCUT2D eigenvalue weighted by atomic mass is 16.3. The third kappa shape index (κ3) is 4.26. The van der Waals surface area contributed by atoms with Crippen LogP contribution in [0.4, 0.5) is 0 Å². The van der Waals surface area contributed by atoms with Crippen molar-refractivity contribution in [2.24, 2.45) is 0 Å². The predicted molar refractivity (Wildman–Crippen MR) is 213 cm³/mol. The summed E-state index contributed by atoms with van der Waals surface area (Å²) < 4.78 is 8.72. The Hall–Kier alpha value is -7.11. The number of benzene rings is 8. The number of aromatic nitrogens is 4.